The van der Waals surface area contributed by atoms with Crippen LogP contribution >= 0.6 is 11.8 Å². The zero-order valence-corrected chi connectivity index (χ0v) is 9.06. The molecule has 2 N–H and O–H groups in total. The van der Waals surface area contributed by atoms with E-state index < -0.39 is 6.17 Å². The van der Waals surface area contributed by atoms with Crippen molar-refractivity contribution in [2.75, 3.05) is 0 Å². The molecule has 0 spiro atoms. The van der Waals surface area contributed by atoms with E-state index in [1.807, 2.05) is 6.92 Å². The molecule has 1 heterocycles. The van der Waals surface area contributed by atoms with Crippen LogP contribution in [0.5, 0.6) is 0 Å². The van der Waals surface area contributed by atoms with Crippen LogP contribution in [-0.2, 0) is 0 Å². The van der Waals surface area contributed by atoms with Gasteiger partial charge in [0.25, 0.3) is 0 Å². The van der Waals surface area contributed by atoms with Gasteiger partial charge in [-0.1, -0.05) is 23.4 Å². The van der Waals surface area contributed by atoms with Crippen molar-refractivity contribution in [3.63, 3.8) is 0 Å². The fourth-order valence-electron chi connectivity index (χ4n) is 2.04. The van der Waals surface area contributed by atoms with E-state index in [0.29, 0.717) is 18.0 Å². The van der Waals surface area contributed by atoms with Crippen LogP contribution in [0.25, 0.3) is 0 Å². The largest absolute Gasteiger partial charge is 0.379 e. The number of nitrogens with zero attached hydrogens (tertiary/aromatic N) is 1. The molecular formula is C10H15FN2S. The maximum Gasteiger partial charge on any atom is 0.154 e. The molecule has 0 aromatic carbocycles. The van der Waals surface area contributed by atoms with Crippen LogP contribution in [-0.4, -0.2) is 22.6 Å². The lowest BCUT2D eigenvalue weighted by Crippen LogP contribution is -2.21. The lowest BCUT2D eigenvalue weighted by Gasteiger charge is -2.22. The molecule has 3 unspecified atom stereocenters. The third-order valence-corrected chi connectivity index (χ3v) is 4.02. The van der Waals surface area contributed by atoms with Crippen molar-refractivity contribution < 1.29 is 4.39 Å². The normalized spacial score (nSPS) is 38.0. The van der Waals surface area contributed by atoms with Crippen molar-refractivity contribution in [1.29, 1.82) is 0 Å². The van der Waals surface area contributed by atoms with Gasteiger partial charge >= 0.3 is 0 Å². The third-order valence-electron chi connectivity index (χ3n) is 2.73. The molecule has 0 fully saturated rings. The molecule has 1 aliphatic heterocycles. The van der Waals surface area contributed by atoms with E-state index in [-0.39, 0.29) is 11.3 Å². The highest BCUT2D eigenvalue weighted by Crippen LogP contribution is 2.35. The standard InChI is InChI=1S/C10H15FN2S/c1-6-9(14-10(12)13-6)7-3-2-4-8(11)5-7/h3,6,8-9H,2,4-5H2,1H3,(H2,12,13). The highest BCUT2D eigenvalue weighted by atomic mass is 32.2. The summed E-state index contributed by atoms with van der Waals surface area (Å²) in [4.78, 5) is 4.26. The predicted molar refractivity (Wildman–Crippen MR) is 59.3 cm³/mol. The summed E-state index contributed by atoms with van der Waals surface area (Å²) in [6.07, 6.45) is 3.61. The SMILES string of the molecule is CC1N=C(N)SC1C1=CCCC(F)C1. The zero-order chi connectivity index (χ0) is 10.1. The Kier molecular flexibility index (Phi) is 2.81. The average Bonchev–Trinajstić information content (AvgIpc) is 2.45. The summed E-state index contributed by atoms with van der Waals surface area (Å²) in [5.74, 6) is 0. The molecule has 0 saturated heterocycles. The second kappa shape index (κ2) is 3.93. The number of alkyl halides is 1. The average molecular weight is 214 g/mol. The van der Waals surface area contributed by atoms with Crippen molar-refractivity contribution in [1.82, 2.24) is 0 Å². The van der Waals surface area contributed by atoms with Gasteiger partial charge in [0.15, 0.2) is 5.17 Å². The van der Waals surface area contributed by atoms with Crippen LogP contribution in [0.15, 0.2) is 16.6 Å². The lowest BCUT2D eigenvalue weighted by molar-refractivity contribution is 0.302. The fourth-order valence-corrected chi connectivity index (χ4v) is 3.12. The van der Waals surface area contributed by atoms with Gasteiger partial charge in [-0.05, 0) is 19.8 Å². The van der Waals surface area contributed by atoms with Gasteiger partial charge in [0.05, 0.1) is 11.3 Å². The van der Waals surface area contributed by atoms with E-state index in [2.05, 4.69) is 11.1 Å². The maximum atomic E-state index is 13.2. The number of halogens is 1. The monoisotopic (exact) mass is 214 g/mol. The number of rotatable bonds is 1. The van der Waals surface area contributed by atoms with E-state index >= 15 is 0 Å². The van der Waals surface area contributed by atoms with E-state index in [1.165, 1.54) is 5.57 Å². The molecular weight excluding hydrogens is 199 g/mol. The summed E-state index contributed by atoms with van der Waals surface area (Å²) in [7, 11) is 0. The van der Waals surface area contributed by atoms with Gasteiger partial charge in [-0.2, -0.15) is 0 Å². The van der Waals surface area contributed by atoms with Gasteiger partial charge in [0.2, 0.25) is 0 Å². The highest BCUT2D eigenvalue weighted by Gasteiger charge is 2.30. The van der Waals surface area contributed by atoms with E-state index in [9.17, 15) is 4.39 Å². The van der Waals surface area contributed by atoms with Gasteiger partial charge < -0.3 is 5.73 Å². The second-order valence-electron chi connectivity index (χ2n) is 3.90. The Bertz CT molecular complexity index is 288. The molecule has 2 rings (SSSR count). The molecule has 78 valence electrons. The number of nitrogens with two attached hydrogens (primary N) is 1. The van der Waals surface area contributed by atoms with Gasteiger partial charge in [-0.3, -0.25) is 4.99 Å². The summed E-state index contributed by atoms with van der Waals surface area (Å²) in [6, 6.07) is 0.205. The summed E-state index contributed by atoms with van der Waals surface area (Å²) < 4.78 is 13.2. The minimum Gasteiger partial charge on any atom is -0.379 e. The molecule has 0 amide bonds. The van der Waals surface area contributed by atoms with Crippen LogP contribution < -0.4 is 5.73 Å². The van der Waals surface area contributed by atoms with Gasteiger partial charge in [0.1, 0.15) is 6.17 Å². The Hall–Kier alpha value is -0.510. The molecule has 2 aliphatic rings. The molecule has 4 heteroatoms. The van der Waals surface area contributed by atoms with E-state index in [0.717, 1.165) is 6.42 Å². The Morgan fingerprint density at radius 1 is 1.64 bits per heavy atom. The number of allylic oxidation sites excluding steroid dienone is 1. The first-order valence-corrected chi connectivity index (χ1v) is 5.87. The Morgan fingerprint density at radius 2 is 2.43 bits per heavy atom. The van der Waals surface area contributed by atoms with Gasteiger partial charge in [0, 0.05) is 6.42 Å². The van der Waals surface area contributed by atoms with Crippen molar-refractivity contribution in [2.45, 2.75) is 43.6 Å². The molecule has 0 saturated carbocycles. The molecule has 1 aliphatic carbocycles. The van der Waals surface area contributed by atoms with Crippen LogP contribution in [0, 0.1) is 0 Å². The van der Waals surface area contributed by atoms with E-state index in [1.54, 1.807) is 11.8 Å². The van der Waals surface area contributed by atoms with E-state index in [4.69, 9.17) is 5.73 Å². The third kappa shape index (κ3) is 1.95. The predicted octanol–water partition coefficient (Wildman–Crippen LogP) is 2.25. The summed E-state index contributed by atoms with van der Waals surface area (Å²) in [5.41, 5.74) is 6.85. The Morgan fingerprint density at radius 3 is 3.00 bits per heavy atom. The molecule has 3 atom stereocenters. The molecule has 2 nitrogen and oxygen atoms in total. The minimum atomic E-state index is -0.662. The maximum absolute atomic E-state index is 13.2. The number of hydrogen-bond donors (Lipinski definition) is 1. The molecule has 14 heavy (non-hydrogen) atoms. The topological polar surface area (TPSA) is 38.4 Å². The minimum absolute atomic E-state index is 0.205. The van der Waals surface area contributed by atoms with Crippen LogP contribution in [0.3, 0.4) is 0 Å². The highest BCUT2D eigenvalue weighted by molar-refractivity contribution is 8.14. The first kappa shape index (κ1) is 10.0. The fraction of sp³-hybridized carbons (Fsp3) is 0.700. The van der Waals surface area contributed by atoms with Crippen LogP contribution in [0.4, 0.5) is 4.39 Å². The second-order valence-corrected chi connectivity index (χ2v) is 5.07. The zero-order valence-electron chi connectivity index (χ0n) is 8.24. The Labute approximate surface area is 87.8 Å². The summed E-state index contributed by atoms with van der Waals surface area (Å²) in [5, 5.41) is 0.929. The van der Waals surface area contributed by atoms with Crippen molar-refractivity contribution >= 4 is 16.9 Å². The first-order chi connectivity index (χ1) is 6.66. The number of aliphatic imine (C=N–C) groups is 1. The van der Waals surface area contributed by atoms with Crippen LogP contribution in [0.2, 0.25) is 0 Å². The summed E-state index contributed by atoms with van der Waals surface area (Å²) >= 11 is 1.57. The molecule has 0 aromatic rings. The van der Waals surface area contributed by atoms with Crippen molar-refractivity contribution in [3.05, 3.63) is 11.6 Å². The smallest absolute Gasteiger partial charge is 0.154 e. The number of hydrogen-bond acceptors (Lipinski definition) is 3. The van der Waals surface area contributed by atoms with Gasteiger partial charge in [-0.25, -0.2) is 4.39 Å². The van der Waals surface area contributed by atoms with Crippen molar-refractivity contribution in [2.24, 2.45) is 10.7 Å². The lowest BCUT2D eigenvalue weighted by atomic mass is 9.93. The number of thioether (sulfide) groups is 1. The number of amidine groups is 1. The quantitative estimate of drug-likeness (QED) is 0.680. The molecule has 0 aromatic heterocycles. The van der Waals surface area contributed by atoms with Crippen molar-refractivity contribution in [3.8, 4) is 0 Å². The van der Waals surface area contributed by atoms with Gasteiger partial charge in [-0.15, -0.1) is 0 Å². The molecule has 0 bridgehead atoms. The Balaban J connectivity index is 2.06. The van der Waals surface area contributed by atoms with Crippen LogP contribution in [0.1, 0.15) is 26.2 Å². The molecule has 0 radical (unpaired) electrons. The summed E-state index contributed by atoms with van der Waals surface area (Å²) in [6.45, 7) is 2.04. The first-order valence-electron chi connectivity index (χ1n) is 4.99.